The summed E-state index contributed by atoms with van der Waals surface area (Å²) in [6.07, 6.45) is 8.29. The number of aryl methyl sites for hydroxylation is 1. The Kier molecular flexibility index (Phi) is 3.65. The van der Waals surface area contributed by atoms with Crippen LogP contribution in [0.5, 0.6) is 0 Å². The molecule has 0 spiro atoms. The second kappa shape index (κ2) is 5.39. The first kappa shape index (κ1) is 11.5. The zero-order valence-corrected chi connectivity index (χ0v) is 9.84. The third-order valence-corrected chi connectivity index (χ3v) is 2.54. The minimum absolute atomic E-state index is 0.0506. The first-order valence-electron chi connectivity index (χ1n) is 5.74. The molecule has 0 aromatic carbocycles. The molecule has 4 heteroatoms. The van der Waals surface area contributed by atoms with Crippen LogP contribution in [0.25, 0.3) is 0 Å². The van der Waals surface area contributed by atoms with E-state index in [0.29, 0.717) is 12.2 Å². The molecule has 0 N–H and O–H groups in total. The Morgan fingerprint density at radius 2 is 2.06 bits per heavy atom. The van der Waals surface area contributed by atoms with Crippen molar-refractivity contribution in [2.45, 2.75) is 26.3 Å². The summed E-state index contributed by atoms with van der Waals surface area (Å²) in [5.74, 6) is 0.596. The Balaban J connectivity index is 2.12. The maximum atomic E-state index is 12.1. The second-order valence-corrected chi connectivity index (χ2v) is 3.90. The molecule has 0 saturated heterocycles. The van der Waals surface area contributed by atoms with Crippen LogP contribution in [0.3, 0.4) is 0 Å². The van der Waals surface area contributed by atoms with Gasteiger partial charge in [-0.25, -0.2) is 4.98 Å². The van der Waals surface area contributed by atoms with Gasteiger partial charge < -0.3 is 4.57 Å². The van der Waals surface area contributed by atoms with Crippen molar-refractivity contribution in [3.63, 3.8) is 0 Å². The number of ketones is 1. The molecular weight excluding hydrogens is 214 g/mol. The van der Waals surface area contributed by atoms with Crippen LogP contribution >= 0.6 is 0 Å². The molecule has 0 amide bonds. The van der Waals surface area contributed by atoms with Crippen LogP contribution in [-0.2, 0) is 13.0 Å². The molecule has 17 heavy (non-hydrogen) atoms. The fourth-order valence-corrected chi connectivity index (χ4v) is 1.75. The van der Waals surface area contributed by atoms with Gasteiger partial charge in [-0.1, -0.05) is 6.92 Å². The van der Waals surface area contributed by atoms with E-state index in [1.807, 2.05) is 22.9 Å². The summed E-state index contributed by atoms with van der Waals surface area (Å²) in [6.45, 7) is 2.91. The number of hydrogen-bond acceptors (Lipinski definition) is 3. The van der Waals surface area contributed by atoms with Gasteiger partial charge in [-0.2, -0.15) is 0 Å². The van der Waals surface area contributed by atoms with Crippen LogP contribution in [-0.4, -0.2) is 20.3 Å². The molecule has 0 bridgehead atoms. The molecule has 88 valence electrons. The number of nitrogens with zero attached hydrogens (tertiary/aromatic N) is 3. The van der Waals surface area contributed by atoms with Gasteiger partial charge in [0.05, 0.1) is 0 Å². The fraction of sp³-hybridized carbons (Fsp3) is 0.308. The molecule has 0 atom stereocenters. The number of hydrogen-bond donors (Lipinski definition) is 0. The molecule has 2 rings (SSSR count). The van der Waals surface area contributed by atoms with Crippen molar-refractivity contribution in [1.82, 2.24) is 14.5 Å². The van der Waals surface area contributed by atoms with E-state index in [1.54, 1.807) is 18.6 Å². The van der Waals surface area contributed by atoms with Crippen molar-refractivity contribution in [2.75, 3.05) is 0 Å². The average molecular weight is 229 g/mol. The van der Waals surface area contributed by atoms with Gasteiger partial charge in [0.25, 0.3) is 0 Å². The van der Waals surface area contributed by atoms with E-state index in [4.69, 9.17) is 0 Å². The summed E-state index contributed by atoms with van der Waals surface area (Å²) in [5.41, 5.74) is 0.969. The monoisotopic (exact) mass is 229 g/mol. The normalized spacial score (nSPS) is 10.4. The lowest BCUT2D eigenvalue weighted by Gasteiger charge is -2.05. The molecule has 2 aromatic heterocycles. The first-order valence-corrected chi connectivity index (χ1v) is 5.74. The standard InChI is InChI=1S/C13H15N3O/c1-2-8-16-9-7-15-13(16)12(17)10-11-3-5-14-6-4-11/h3-7,9H,2,8,10H2,1H3. The zero-order chi connectivity index (χ0) is 12.1. The topological polar surface area (TPSA) is 47.8 Å². The van der Waals surface area contributed by atoms with E-state index < -0.39 is 0 Å². The lowest BCUT2D eigenvalue weighted by molar-refractivity contribution is 0.0979. The Morgan fingerprint density at radius 1 is 1.29 bits per heavy atom. The van der Waals surface area contributed by atoms with Crippen molar-refractivity contribution in [3.05, 3.63) is 48.3 Å². The molecule has 0 aliphatic heterocycles. The first-order chi connectivity index (χ1) is 8.31. The number of rotatable bonds is 5. The van der Waals surface area contributed by atoms with Gasteiger partial charge in [-0.3, -0.25) is 9.78 Å². The number of imidazole rings is 1. The molecule has 0 aliphatic rings. The number of carbonyl (C=O) groups excluding carboxylic acids is 1. The molecule has 0 saturated carbocycles. The molecule has 2 aromatic rings. The average Bonchev–Trinajstić information content (AvgIpc) is 2.79. The number of Topliss-reactive ketones (excluding diaryl/α,β-unsaturated/α-hetero) is 1. The molecule has 0 radical (unpaired) electrons. The minimum atomic E-state index is 0.0506. The van der Waals surface area contributed by atoms with Crippen molar-refractivity contribution >= 4 is 5.78 Å². The predicted molar refractivity (Wildman–Crippen MR) is 64.8 cm³/mol. The van der Waals surface area contributed by atoms with E-state index in [1.165, 1.54) is 0 Å². The van der Waals surface area contributed by atoms with Crippen LogP contribution in [0.15, 0.2) is 36.9 Å². The van der Waals surface area contributed by atoms with Gasteiger partial charge in [-0.15, -0.1) is 0 Å². The quantitative estimate of drug-likeness (QED) is 0.738. The minimum Gasteiger partial charge on any atom is -0.329 e. The predicted octanol–water partition coefficient (Wildman–Crippen LogP) is 2.11. The van der Waals surface area contributed by atoms with Gasteiger partial charge in [-0.05, 0) is 24.1 Å². The highest BCUT2D eigenvalue weighted by molar-refractivity contribution is 5.94. The lowest BCUT2D eigenvalue weighted by Crippen LogP contribution is -2.12. The smallest absolute Gasteiger partial charge is 0.202 e. The lowest BCUT2D eigenvalue weighted by atomic mass is 10.1. The van der Waals surface area contributed by atoms with Crippen LogP contribution < -0.4 is 0 Å². The van der Waals surface area contributed by atoms with E-state index in [9.17, 15) is 4.79 Å². The number of pyridine rings is 1. The maximum absolute atomic E-state index is 12.1. The van der Waals surface area contributed by atoms with Crippen LogP contribution in [0.2, 0.25) is 0 Å². The summed E-state index contributed by atoms with van der Waals surface area (Å²) in [5, 5.41) is 0. The Bertz CT molecular complexity index is 490. The zero-order valence-electron chi connectivity index (χ0n) is 9.84. The SMILES string of the molecule is CCCn1ccnc1C(=O)Cc1ccncc1. The molecular formula is C13H15N3O. The number of aromatic nitrogens is 3. The summed E-state index contributed by atoms with van der Waals surface area (Å²) in [4.78, 5) is 20.1. The highest BCUT2D eigenvalue weighted by atomic mass is 16.1. The largest absolute Gasteiger partial charge is 0.329 e. The Labute approximate surface area is 100 Å². The van der Waals surface area contributed by atoms with Crippen molar-refractivity contribution in [3.8, 4) is 0 Å². The summed E-state index contributed by atoms with van der Waals surface area (Å²) in [6, 6.07) is 3.70. The van der Waals surface area contributed by atoms with Gasteiger partial charge in [0.1, 0.15) is 0 Å². The van der Waals surface area contributed by atoms with Gasteiger partial charge in [0, 0.05) is 37.8 Å². The Morgan fingerprint density at radius 3 is 2.76 bits per heavy atom. The van der Waals surface area contributed by atoms with E-state index in [2.05, 4.69) is 16.9 Å². The fourth-order valence-electron chi connectivity index (χ4n) is 1.75. The molecule has 2 heterocycles. The maximum Gasteiger partial charge on any atom is 0.202 e. The summed E-state index contributed by atoms with van der Waals surface area (Å²) < 4.78 is 1.91. The van der Waals surface area contributed by atoms with E-state index in [-0.39, 0.29) is 5.78 Å². The molecule has 0 unspecified atom stereocenters. The van der Waals surface area contributed by atoms with E-state index in [0.717, 1.165) is 18.5 Å². The highest BCUT2D eigenvalue weighted by Crippen LogP contribution is 2.06. The highest BCUT2D eigenvalue weighted by Gasteiger charge is 2.12. The summed E-state index contributed by atoms with van der Waals surface area (Å²) >= 11 is 0. The van der Waals surface area contributed by atoms with Crippen LogP contribution in [0, 0.1) is 0 Å². The second-order valence-electron chi connectivity index (χ2n) is 3.90. The third-order valence-electron chi connectivity index (χ3n) is 2.54. The number of carbonyl (C=O) groups is 1. The van der Waals surface area contributed by atoms with Gasteiger partial charge >= 0.3 is 0 Å². The van der Waals surface area contributed by atoms with E-state index >= 15 is 0 Å². The van der Waals surface area contributed by atoms with Gasteiger partial charge in [0.15, 0.2) is 5.82 Å². The molecule has 0 aliphatic carbocycles. The van der Waals surface area contributed by atoms with Gasteiger partial charge in [0.2, 0.25) is 5.78 Å². The third kappa shape index (κ3) is 2.78. The summed E-state index contributed by atoms with van der Waals surface area (Å²) in [7, 11) is 0. The van der Waals surface area contributed by atoms with Crippen molar-refractivity contribution < 1.29 is 4.79 Å². The van der Waals surface area contributed by atoms with Crippen LogP contribution in [0.4, 0.5) is 0 Å². The Hall–Kier alpha value is -1.97. The molecule has 0 fully saturated rings. The van der Waals surface area contributed by atoms with Crippen molar-refractivity contribution in [1.29, 1.82) is 0 Å². The molecule has 4 nitrogen and oxygen atoms in total. The van der Waals surface area contributed by atoms with Crippen molar-refractivity contribution in [2.24, 2.45) is 0 Å². The van der Waals surface area contributed by atoms with Crippen LogP contribution in [0.1, 0.15) is 29.5 Å².